The number of aromatic nitrogens is 1. The number of anilines is 2. The Kier molecular flexibility index (Phi) is 5.05. The van der Waals surface area contributed by atoms with Crippen molar-refractivity contribution < 1.29 is 9.72 Å². The highest BCUT2D eigenvalue weighted by Crippen LogP contribution is 2.35. The van der Waals surface area contributed by atoms with E-state index >= 15 is 0 Å². The standard InChI is InChI=1S/C22H17N3O3S/c1-2-15-10-12-17(13-11-15)24(22-23-19-8-3-4-9-20(19)29-22)21(26)16-6-5-7-18(14-16)25(27)28/h3-14H,2H2,1H3. The van der Waals surface area contributed by atoms with Gasteiger partial charge in [-0.2, -0.15) is 0 Å². The van der Waals surface area contributed by atoms with Gasteiger partial charge in [0.05, 0.1) is 20.8 Å². The van der Waals surface area contributed by atoms with Gasteiger partial charge in [0, 0.05) is 17.7 Å². The number of hydrogen-bond donors (Lipinski definition) is 0. The first-order valence-corrected chi connectivity index (χ1v) is 9.92. The Morgan fingerprint density at radius 1 is 1.07 bits per heavy atom. The normalized spacial score (nSPS) is 10.8. The summed E-state index contributed by atoms with van der Waals surface area (Å²) in [7, 11) is 0. The first kappa shape index (κ1) is 18.8. The number of non-ortho nitro benzene ring substituents is 1. The number of benzene rings is 3. The number of fused-ring (bicyclic) bond motifs is 1. The van der Waals surface area contributed by atoms with Crippen molar-refractivity contribution in [2.75, 3.05) is 4.90 Å². The second-order valence-electron chi connectivity index (χ2n) is 6.43. The van der Waals surface area contributed by atoms with Gasteiger partial charge in [-0.05, 0) is 42.3 Å². The molecule has 0 atom stereocenters. The van der Waals surface area contributed by atoms with Gasteiger partial charge in [-0.25, -0.2) is 4.98 Å². The van der Waals surface area contributed by atoms with Crippen molar-refractivity contribution in [1.29, 1.82) is 0 Å². The summed E-state index contributed by atoms with van der Waals surface area (Å²) in [6, 6.07) is 21.1. The van der Waals surface area contributed by atoms with E-state index in [1.807, 2.05) is 48.5 Å². The molecular formula is C22H17N3O3S. The molecule has 1 amide bonds. The number of amides is 1. The van der Waals surface area contributed by atoms with Gasteiger partial charge in [-0.15, -0.1) is 0 Å². The molecule has 0 aliphatic heterocycles. The van der Waals surface area contributed by atoms with Crippen LogP contribution in [-0.4, -0.2) is 15.8 Å². The first-order valence-electron chi connectivity index (χ1n) is 9.10. The summed E-state index contributed by atoms with van der Waals surface area (Å²) in [4.78, 5) is 30.2. The fourth-order valence-corrected chi connectivity index (χ4v) is 4.02. The van der Waals surface area contributed by atoms with E-state index in [0.717, 1.165) is 22.2 Å². The maximum Gasteiger partial charge on any atom is 0.270 e. The number of nitro groups is 1. The maximum absolute atomic E-state index is 13.4. The number of nitrogens with zero attached hydrogens (tertiary/aromatic N) is 3. The van der Waals surface area contributed by atoms with Crippen LogP contribution < -0.4 is 4.90 Å². The van der Waals surface area contributed by atoms with Gasteiger partial charge in [-0.1, -0.05) is 48.6 Å². The molecule has 29 heavy (non-hydrogen) atoms. The minimum absolute atomic E-state index is 0.124. The molecule has 1 aromatic heterocycles. The number of nitro benzene ring substituents is 1. The first-order chi connectivity index (χ1) is 14.1. The van der Waals surface area contributed by atoms with Crippen molar-refractivity contribution in [2.45, 2.75) is 13.3 Å². The van der Waals surface area contributed by atoms with Crippen LogP contribution in [0.4, 0.5) is 16.5 Å². The van der Waals surface area contributed by atoms with E-state index < -0.39 is 4.92 Å². The summed E-state index contributed by atoms with van der Waals surface area (Å²) >= 11 is 1.40. The average Bonchev–Trinajstić information content (AvgIpc) is 3.18. The lowest BCUT2D eigenvalue weighted by atomic mass is 10.1. The van der Waals surface area contributed by atoms with E-state index in [1.165, 1.54) is 34.4 Å². The molecule has 3 aromatic carbocycles. The molecule has 144 valence electrons. The van der Waals surface area contributed by atoms with Crippen molar-refractivity contribution in [3.8, 4) is 0 Å². The predicted molar refractivity (Wildman–Crippen MR) is 115 cm³/mol. The summed E-state index contributed by atoms with van der Waals surface area (Å²) in [6.45, 7) is 2.06. The Hall–Kier alpha value is -3.58. The van der Waals surface area contributed by atoms with Gasteiger partial charge in [-0.3, -0.25) is 19.8 Å². The second-order valence-corrected chi connectivity index (χ2v) is 7.44. The van der Waals surface area contributed by atoms with Gasteiger partial charge in [0.1, 0.15) is 0 Å². The molecule has 0 bridgehead atoms. The lowest BCUT2D eigenvalue weighted by Gasteiger charge is -2.20. The van der Waals surface area contributed by atoms with E-state index in [-0.39, 0.29) is 17.2 Å². The third kappa shape index (κ3) is 3.72. The lowest BCUT2D eigenvalue weighted by Crippen LogP contribution is -2.26. The minimum Gasteiger partial charge on any atom is -0.268 e. The molecule has 0 aliphatic rings. The zero-order valence-corrected chi connectivity index (χ0v) is 16.4. The molecule has 6 nitrogen and oxygen atoms in total. The van der Waals surface area contributed by atoms with Crippen LogP contribution in [-0.2, 0) is 6.42 Å². The molecular weight excluding hydrogens is 386 g/mol. The molecule has 0 saturated carbocycles. The third-order valence-electron chi connectivity index (χ3n) is 4.58. The van der Waals surface area contributed by atoms with E-state index in [9.17, 15) is 14.9 Å². The highest BCUT2D eigenvalue weighted by molar-refractivity contribution is 7.22. The molecule has 4 aromatic rings. The zero-order chi connectivity index (χ0) is 20.4. The number of carbonyl (C=O) groups is 1. The Labute approximate surface area is 171 Å². The van der Waals surface area contributed by atoms with Crippen molar-refractivity contribution in [1.82, 2.24) is 4.98 Å². The number of aryl methyl sites for hydroxylation is 1. The molecule has 4 rings (SSSR count). The van der Waals surface area contributed by atoms with Gasteiger partial charge in [0.15, 0.2) is 5.13 Å². The lowest BCUT2D eigenvalue weighted by molar-refractivity contribution is -0.384. The van der Waals surface area contributed by atoms with Crippen LogP contribution in [0.2, 0.25) is 0 Å². The summed E-state index contributed by atoms with van der Waals surface area (Å²) < 4.78 is 0.963. The third-order valence-corrected chi connectivity index (χ3v) is 5.61. The molecule has 0 aliphatic carbocycles. The molecule has 0 spiro atoms. The quantitative estimate of drug-likeness (QED) is 0.314. The number of thiazole rings is 1. The van der Waals surface area contributed by atoms with Crippen LogP contribution in [0.15, 0.2) is 72.8 Å². The SMILES string of the molecule is CCc1ccc(N(C(=O)c2cccc([N+](=O)[O-])c2)c2nc3ccccc3s2)cc1. The zero-order valence-electron chi connectivity index (χ0n) is 15.6. The highest BCUT2D eigenvalue weighted by atomic mass is 32.1. The van der Waals surface area contributed by atoms with E-state index in [2.05, 4.69) is 11.9 Å². The van der Waals surface area contributed by atoms with Crippen molar-refractivity contribution in [2.24, 2.45) is 0 Å². The van der Waals surface area contributed by atoms with Gasteiger partial charge >= 0.3 is 0 Å². The molecule has 1 heterocycles. The molecule has 0 radical (unpaired) electrons. The van der Waals surface area contributed by atoms with E-state index in [0.29, 0.717) is 10.8 Å². The molecule has 0 unspecified atom stereocenters. The highest BCUT2D eigenvalue weighted by Gasteiger charge is 2.24. The number of hydrogen-bond acceptors (Lipinski definition) is 5. The van der Waals surface area contributed by atoms with Crippen molar-refractivity contribution >= 4 is 44.0 Å². The molecule has 0 fully saturated rings. The van der Waals surface area contributed by atoms with Crippen LogP contribution in [0.5, 0.6) is 0 Å². The van der Waals surface area contributed by atoms with Crippen LogP contribution in [0.1, 0.15) is 22.8 Å². The van der Waals surface area contributed by atoms with E-state index in [1.54, 1.807) is 6.07 Å². The fraction of sp³-hybridized carbons (Fsp3) is 0.0909. The van der Waals surface area contributed by atoms with Crippen LogP contribution >= 0.6 is 11.3 Å². The van der Waals surface area contributed by atoms with Crippen molar-refractivity contribution in [3.05, 3.63) is 94.0 Å². The average molecular weight is 403 g/mol. The van der Waals surface area contributed by atoms with E-state index in [4.69, 9.17) is 0 Å². The fourth-order valence-electron chi connectivity index (χ4n) is 3.03. The molecule has 7 heteroatoms. The monoisotopic (exact) mass is 403 g/mol. The number of carbonyl (C=O) groups excluding carboxylic acids is 1. The van der Waals surface area contributed by atoms with Gasteiger partial charge < -0.3 is 0 Å². The van der Waals surface area contributed by atoms with Gasteiger partial charge in [0.2, 0.25) is 0 Å². The topological polar surface area (TPSA) is 76.3 Å². The Balaban J connectivity index is 1.83. The Bertz CT molecular complexity index is 1170. The number of para-hydroxylation sites is 1. The molecule has 0 saturated heterocycles. The van der Waals surface area contributed by atoms with Crippen molar-refractivity contribution in [3.63, 3.8) is 0 Å². The predicted octanol–water partition coefficient (Wildman–Crippen LogP) is 5.75. The number of rotatable bonds is 5. The summed E-state index contributed by atoms with van der Waals surface area (Å²) in [6.07, 6.45) is 0.889. The maximum atomic E-state index is 13.4. The summed E-state index contributed by atoms with van der Waals surface area (Å²) in [5, 5.41) is 11.7. The van der Waals surface area contributed by atoms with Crippen LogP contribution in [0, 0.1) is 10.1 Å². The summed E-state index contributed by atoms with van der Waals surface area (Å²) in [5.41, 5.74) is 2.73. The smallest absolute Gasteiger partial charge is 0.268 e. The second kappa shape index (κ2) is 7.81. The molecule has 0 N–H and O–H groups in total. The van der Waals surface area contributed by atoms with Crippen LogP contribution in [0.3, 0.4) is 0 Å². The largest absolute Gasteiger partial charge is 0.270 e. The Morgan fingerprint density at radius 3 is 2.52 bits per heavy atom. The summed E-state index contributed by atoms with van der Waals surface area (Å²) in [5.74, 6) is -0.364. The Morgan fingerprint density at radius 2 is 1.83 bits per heavy atom. The minimum atomic E-state index is -0.505. The van der Waals surface area contributed by atoms with Crippen LogP contribution in [0.25, 0.3) is 10.2 Å². The van der Waals surface area contributed by atoms with Gasteiger partial charge in [0.25, 0.3) is 11.6 Å².